The summed E-state index contributed by atoms with van der Waals surface area (Å²) in [6.45, 7) is 0.299. The van der Waals surface area contributed by atoms with Crippen molar-refractivity contribution in [3.63, 3.8) is 0 Å². The Labute approximate surface area is 117 Å². The molecule has 1 aromatic carbocycles. The topological polar surface area (TPSA) is 51.2 Å². The molecule has 1 N–H and O–H groups in total. The van der Waals surface area contributed by atoms with Gasteiger partial charge in [0.1, 0.15) is 6.61 Å². The summed E-state index contributed by atoms with van der Waals surface area (Å²) in [5.74, 6) is 0.320. The number of carbonyl (C=O) groups is 1. The van der Waals surface area contributed by atoms with Gasteiger partial charge in [-0.3, -0.25) is 4.98 Å². The van der Waals surface area contributed by atoms with Gasteiger partial charge in [-0.25, -0.2) is 4.79 Å². The van der Waals surface area contributed by atoms with Crippen LogP contribution < -0.4 is 5.32 Å². The Kier molecular flexibility index (Phi) is 3.63. The predicted molar refractivity (Wildman–Crippen MR) is 75.1 cm³/mol. The second kappa shape index (κ2) is 5.74. The number of rotatable bonds is 4. The molecule has 4 nitrogen and oxygen atoms in total. The van der Waals surface area contributed by atoms with E-state index in [2.05, 4.69) is 10.3 Å². The lowest BCUT2D eigenvalue weighted by Crippen LogP contribution is -2.27. The lowest BCUT2D eigenvalue weighted by Gasteiger charge is -2.06. The fourth-order valence-electron chi connectivity index (χ4n) is 2.19. The monoisotopic (exact) mass is 268 g/mol. The highest BCUT2D eigenvalue weighted by Crippen LogP contribution is 2.39. The van der Waals surface area contributed by atoms with Gasteiger partial charge < -0.3 is 10.1 Å². The predicted octanol–water partition coefficient (Wildman–Crippen LogP) is 2.86. The molecule has 0 unspecified atom stereocenters. The zero-order valence-corrected chi connectivity index (χ0v) is 11.0. The number of pyridine rings is 1. The Morgan fingerprint density at radius 2 is 2.00 bits per heavy atom. The van der Waals surface area contributed by atoms with Crippen LogP contribution in [0, 0.1) is 0 Å². The van der Waals surface area contributed by atoms with Gasteiger partial charge in [-0.15, -0.1) is 0 Å². The third-order valence-electron chi connectivity index (χ3n) is 3.37. The van der Waals surface area contributed by atoms with Gasteiger partial charge in [0.15, 0.2) is 0 Å². The van der Waals surface area contributed by atoms with E-state index in [4.69, 9.17) is 4.74 Å². The third kappa shape index (κ3) is 3.15. The number of alkyl carbamates (subject to hydrolysis) is 1. The molecule has 4 heteroatoms. The number of carbonyl (C=O) groups excluding carboxylic acids is 1. The van der Waals surface area contributed by atoms with Crippen LogP contribution in [-0.2, 0) is 11.3 Å². The fourth-order valence-corrected chi connectivity index (χ4v) is 2.19. The number of ether oxygens (including phenoxy) is 1. The summed E-state index contributed by atoms with van der Waals surface area (Å²) in [5.41, 5.74) is 2.01. The standard InChI is InChI=1S/C16H16N2O2/c19-16(20-11-12-6-2-1-3-7-12)18-15-10-13(15)14-8-4-5-9-17-14/h1-9,13,15H,10-11H2,(H,18,19)/t13-,15+/m0/s1. The largest absolute Gasteiger partial charge is 0.445 e. The van der Waals surface area contributed by atoms with Gasteiger partial charge in [0.2, 0.25) is 0 Å². The molecule has 2 aromatic rings. The molecular weight excluding hydrogens is 252 g/mol. The Balaban J connectivity index is 1.45. The van der Waals surface area contributed by atoms with Crippen molar-refractivity contribution in [2.45, 2.75) is 25.0 Å². The zero-order valence-electron chi connectivity index (χ0n) is 11.0. The van der Waals surface area contributed by atoms with E-state index in [-0.39, 0.29) is 12.1 Å². The van der Waals surface area contributed by atoms with Crippen molar-refractivity contribution in [1.82, 2.24) is 10.3 Å². The number of hydrogen-bond donors (Lipinski definition) is 1. The highest BCUT2D eigenvalue weighted by molar-refractivity contribution is 5.68. The van der Waals surface area contributed by atoms with Crippen molar-refractivity contribution in [1.29, 1.82) is 0 Å². The van der Waals surface area contributed by atoms with Crippen LogP contribution in [0.4, 0.5) is 4.79 Å². The fraction of sp³-hybridized carbons (Fsp3) is 0.250. The summed E-state index contributed by atoms with van der Waals surface area (Å²) in [5, 5.41) is 2.87. The summed E-state index contributed by atoms with van der Waals surface area (Å²) in [6, 6.07) is 15.6. The van der Waals surface area contributed by atoms with Gasteiger partial charge in [-0.2, -0.15) is 0 Å². The molecule has 0 spiro atoms. The van der Waals surface area contributed by atoms with Crippen LogP contribution in [0.3, 0.4) is 0 Å². The smallest absolute Gasteiger partial charge is 0.407 e. The van der Waals surface area contributed by atoms with Crippen LogP contribution in [0.15, 0.2) is 54.7 Å². The molecule has 1 aliphatic rings. The molecule has 1 amide bonds. The maximum absolute atomic E-state index is 11.7. The summed E-state index contributed by atoms with van der Waals surface area (Å²) in [7, 11) is 0. The lowest BCUT2D eigenvalue weighted by atomic mass is 10.2. The van der Waals surface area contributed by atoms with Gasteiger partial charge >= 0.3 is 6.09 Å². The second-order valence-electron chi connectivity index (χ2n) is 4.91. The van der Waals surface area contributed by atoms with E-state index in [1.54, 1.807) is 6.20 Å². The van der Waals surface area contributed by atoms with E-state index in [1.807, 2.05) is 48.5 Å². The SMILES string of the molecule is O=C(N[C@@H]1C[C@H]1c1ccccn1)OCc1ccccc1. The molecular formula is C16H16N2O2. The van der Waals surface area contributed by atoms with Crippen LogP contribution in [0.25, 0.3) is 0 Å². The second-order valence-corrected chi connectivity index (χ2v) is 4.91. The van der Waals surface area contributed by atoms with Gasteiger partial charge in [0.25, 0.3) is 0 Å². The maximum atomic E-state index is 11.7. The normalized spacial score (nSPS) is 20.2. The average Bonchev–Trinajstić information content (AvgIpc) is 3.26. The molecule has 1 heterocycles. The molecule has 0 aliphatic heterocycles. The molecule has 1 fully saturated rings. The quantitative estimate of drug-likeness (QED) is 0.927. The van der Waals surface area contributed by atoms with E-state index in [0.29, 0.717) is 12.5 Å². The van der Waals surface area contributed by atoms with Crippen molar-refractivity contribution in [2.75, 3.05) is 0 Å². The van der Waals surface area contributed by atoms with E-state index in [1.165, 1.54) is 0 Å². The van der Waals surface area contributed by atoms with Gasteiger partial charge in [-0.05, 0) is 24.1 Å². The van der Waals surface area contributed by atoms with Crippen LogP contribution in [0.5, 0.6) is 0 Å². The summed E-state index contributed by atoms with van der Waals surface area (Å²) < 4.78 is 5.19. The van der Waals surface area contributed by atoms with Crippen LogP contribution in [-0.4, -0.2) is 17.1 Å². The van der Waals surface area contributed by atoms with Crippen molar-refractivity contribution >= 4 is 6.09 Å². The first-order valence-electron chi connectivity index (χ1n) is 6.71. The van der Waals surface area contributed by atoms with E-state index >= 15 is 0 Å². The lowest BCUT2D eigenvalue weighted by molar-refractivity contribution is 0.139. The first-order chi connectivity index (χ1) is 9.83. The first kappa shape index (κ1) is 12.7. The van der Waals surface area contributed by atoms with E-state index in [9.17, 15) is 4.79 Å². The van der Waals surface area contributed by atoms with Gasteiger partial charge in [0, 0.05) is 23.9 Å². The summed E-state index contributed by atoms with van der Waals surface area (Å²) >= 11 is 0. The molecule has 0 bridgehead atoms. The first-order valence-corrected chi connectivity index (χ1v) is 6.71. The van der Waals surface area contributed by atoms with Crippen molar-refractivity contribution in [3.05, 3.63) is 66.0 Å². The minimum atomic E-state index is -0.364. The highest BCUT2D eigenvalue weighted by Gasteiger charge is 2.40. The number of nitrogens with one attached hydrogen (secondary N) is 1. The Morgan fingerprint density at radius 3 is 2.75 bits per heavy atom. The minimum Gasteiger partial charge on any atom is -0.445 e. The maximum Gasteiger partial charge on any atom is 0.407 e. The molecule has 2 atom stereocenters. The molecule has 20 heavy (non-hydrogen) atoms. The third-order valence-corrected chi connectivity index (χ3v) is 3.37. The van der Waals surface area contributed by atoms with Crippen molar-refractivity contribution in [3.8, 4) is 0 Å². The summed E-state index contributed by atoms with van der Waals surface area (Å²) in [4.78, 5) is 16.0. The highest BCUT2D eigenvalue weighted by atomic mass is 16.5. The van der Waals surface area contributed by atoms with Gasteiger partial charge in [-0.1, -0.05) is 36.4 Å². The Hall–Kier alpha value is -2.36. The average molecular weight is 268 g/mol. The Bertz CT molecular complexity index is 572. The van der Waals surface area contributed by atoms with E-state index < -0.39 is 0 Å². The molecule has 1 aliphatic carbocycles. The Morgan fingerprint density at radius 1 is 1.20 bits per heavy atom. The molecule has 0 radical (unpaired) electrons. The molecule has 1 aromatic heterocycles. The van der Waals surface area contributed by atoms with Crippen LogP contribution in [0.1, 0.15) is 23.6 Å². The molecule has 3 rings (SSSR count). The number of aromatic nitrogens is 1. The van der Waals surface area contributed by atoms with E-state index in [0.717, 1.165) is 17.7 Å². The molecule has 1 saturated carbocycles. The number of benzene rings is 1. The van der Waals surface area contributed by atoms with Crippen molar-refractivity contribution < 1.29 is 9.53 Å². The van der Waals surface area contributed by atoms with Crippen LogP contribution in [0.2, 0.25) is 0 Å². The summed E-state index contributed by atoms with van der Waals surface area (Å²) in [6.07, 6.45) is 2.34. The number of nitrogens with zero attached hydrogens (tertiary/aromatic N) is 1. The molecule has 102 valence electrons. The zero-order chi connectivity index (χ0) is 13.8. The number of hydrogen-bond acceptors (Lipinski definition) is 3. The van der Waals surface area contributed by atoms with Crippen molar-refractivity contribution in [2.24, 2.45) is 0 Å². The van der Waals surface area contributed by atoms with Crippen LogP contribution >= 0.6 is 0 Å². The minimum absolute atomic E-state index is 0.146. The molecule has 0 saturated heterocycles. The van der Waals surface area contributed by atoms with Gasteiger partial charge in [0.05, 0.1) is 0 Å². The number of amides is 1.